The van der Waals surface area contributed by atoms with Gasteiger partial charge in [0.05, 0.1) is 23.9 Å². The zero-order valence-electron chi connectivity index (χ0n) is 14.5. The van der Waals surface area contributed by atoms with Crippen molar-refractivity contribution in [2.75, 3.05) is 44.3 Å². The Morgan fingerprint density at radius 1 is 1.12 bits per heavy atom. The molecule has 0 radical (unpaired) electrons. The van der Waals surface area contributed by atoms with Crippen molar-refractivity contribution in [1.29, 1.82) is 0 Å². The van der Waals surface area contributed by atoms with Gasteiger partial charge in [-0.2, -0.15) is 0 Å². The standard InChI is InChI=1S/C18H21Cl2N5O/c19-14-2-1-5-21-18(14)25-7-3-15-13(12-25)17(20)23-16(22-15)4-6-24-8-10-26-11-9-24/h1-2,5H,3-4,6-12H2. The molecule has 138 valence electrons. The van der Waals surface area contributed by atoms with Crippen LogP contribution >= 0.6 is 23.2 Å². The van der Waals surface area contributed by atoms with Gasteiger partial charge in [0.15, 0.2) is 0 Å². The first-order valence-electron chi connectivity index (χ1n) is 8.90. The van der Waals surface area contributed by atoms with Crippen molar-refractivity contribution >= 4 is 29.0 Å². The van der Waals surface area contributed by atoms with Crippen molar-refractivity contribution in [3.63, 3.8) is 0 Å². The lowest BCUT2D eigenvalue weighted by molar-refractivity contribution is 0.0382. The maximum atomic E-state index is 6.50. The van der Waals surface area contributed by atoms with Crippen LogP contribution in [0, 0.1) is 0 Å². The quantitative estimate of drug-likeness (QED) is 0.744. The Balaban J connectivity index is 1.47. The van der Waals surface area contributed by atoms with E-state index in [4.69, 9.17) is 32.9 Å². The zero-order chi connectivity index (χ0) is 17.9. The van der Waals surface area contributed by atoms with E-state index in [1.54, 1.807) is 6.20 Å². The van der Waals surface area contributed by atoms with Gasteiger partial charge in [-0.1, -0.05) is 23.2 Å². The zero-order valence-corrected chi connectivity index (χ0v) is 16.0. The van der Waals surface area contributed by atoms with E-state index in [2.05, 4.69) is 19.8 Å². The monoisotopic (exact) mass is 393 g/mol. The summed E-state index contributed by atoms with van der Waals surface area (Å²) < 4.78 is 5.39. The number of aromatic nitrogens is 3. The fourth-order valence-corrected chi connectivity index (χ4v) is 3.92. The van der Waals surface area contributed by atoms with Crippen LogP contribution < -0.4 is 4.90 Å². The molecule has 8 heteroatoms. The second kappa shape index (κ2) is 8.05. The molecular formula is C18H21Cl2N5O. The van der Waals surface area contributed by atoms with Gasteiger partial charge in [0.25, 0.3) is 0 Å². The lowest BCUT2D eigenvalue weighted by Crippen LogP contribution is -2.37. The summed E-state index contributed by atoms with van der Waals surface area (Å²) in [6, 6.07) is 3.69. The molecule has 2 aliphatic rings. The van der Waals surface area contributed by atoms with E-state index in [0.717, 1.165) is 75.1 Å². The maximum Gasteiger partial charge on any atom is 0.147 e. The predicted molar refractivity (Wildman–Crippen MR) is 102 cm³/mol. The molecule has 2 aliphatic heterocycles. The van der Waals surface area contributed by atoms with Gasteiger partial charge in [0.2, 0.25) is 0 Å². The molecule has 4 heterocycles. The van der Waals surface area contributed by atoms with E-state index in [-0.39, 0.29) is 0 Å². The number of hydrogen-bond acceptors (Lipinski definition) is 6. The maximum absolute atomic E-state index is 6.50. The number of rotatable bonds is 4. The number of fused-ring (bicyclic) bond motifs is 1. The van der Waals surface area contributed by atoms with Crippen LogP contribution in [-0.2, 0) is 24.1 Å². The third kappa shape index (κ3) is 3.93. The minimum atomic E-state index is 0.545. The second-order valence-electron chi connectivity index (χ2n) is 6.54. The van der Waals surface area contributed by atoms with Crippen molar-refractivity contribution in [1.82, 2.24) is 19.9 Å². The highest BCUT2D eigenvalue weighted by Gasteiger charge is 2.24. The summed E-state index contributed by atoms with van der Waals surface area (Å²) in [7, 11) is 0. The van der Waals surface area contributed by atoms with Crippen LogP contribution in [0.15, 0.2) is 18.3 Å². The van der Waals surface area contributed by atoms with E-state index in [1.807, 2.05) is 12.1 Å². The van der Waals surface area contributed by atoms with Gasteiger partial charge >= 0.3 is 0 Å². The summed E-state index contributed by atoms with van der Waals surface area (Å²) in [6.07, 6.45) is 3.38. The molecule has 26 heavy (non-hydrogen) atoms. The van der Waals surface area contributed by atoms with Gasteiger partial charge in [-0.25, -0.2) is 15.0 Å². The van der Waals surface area contributed by atoms with Gasteiger partial charge in [-0.05, 0) is 12.1 Å². The first kappa shape index (κ1) is 17.9. The van der Waals surface area contributed by atoms with Crippen LogP contribution in [0.1, 0.15) is 17.1 Å². The fourth-order valence-electron chi connectivity index (χ4n) is 3.41. The molecule has 2 aromatic rings. The van der Waals surface area contributed by atoms with Crippen molar-refractivity contribution in [3.8, 4) is 0 Å². The molecule has 0 unspecified atom stereocenters. The Morgan fingerprint density at radius 3 is 2.77 bits per heavy atom. The smallest absolute Gasteiger partial charge is 0.147 e. The van der Waals surface area contributed by atoms with Crippen molar-refractivity contribution in [3.05, 3.63) is 45.6 Å². The molecule has 0 bridgehead atoms. The highest BCUT2D eigenvalue weighted by atomic mass is 35.5. The van der Waals surface area contributed by atoms with Crippen LogP contribution in [0.2, 0.25) is 10.2 Å². The number of hydrogen-bond donors (Lipinski definition) is 0. The van der Waals surface area contributed by atoms with Gasteiger partial charge in [0, 0.05) is 57.3 Å². The topological polar surface area (TPSA) is 54.4 Å². The molecule has 0 atom stereocenters. The summed E-state index contributed by atoms with van der Waals surface area (Å²) in [5.74, 6) is 1.61. The summed E-state index contributed by atoms with van der Waals surface area (Å²) in [6.45, 7) is 5.94. The Bertz CT molecular complexity index is 782. The molecule has 6 nitrogen and oxygen atoms in total. The highest BCUT2D eigenvalue weighted by Crippen LogP contribution is 2.30. The average Bonchev–Trinajstić information content (AvgIpc) is 2.67. The minimum absolute atomic E-state index is 0.545. The third-order valence-corrected chi connectivity index (χ3v) is 5.46. The number of ether oxygens (including phenoxy) is 1. The number of anilines is 1. The molecule has 2 aromatic heterocycles. The van der Waals surface area contributed by atoms with Gasteiger partial charge in [-0.15, -0.1) is 0 Å². The summed E-state index contributed by atoms with van der Waals surface area (Å²) in [5.41, 5.74) is 2.03. The average molecular weight is 394 g/mol. The predicted octanol–water partition coefficient (Wildman–Crippen LogP) is 2.62. The third-order valence-electron chi connectivity index (χ3n) is 4.85. The summed E-state index contributed by atoms with van der Waals surface area (Å²) >= 11 is 12.8. The van der Waals surface area contributed by atoms with Crippen LogP contribution in [0.3, 0.4) is 0 Å². The molecular weight excluding hydrogens is 373 g/mol. The van der Waals surface area contributed by atoms with Gasteiger partial charge < -0.3 is 9.64 Å². The van der Waals surface area contributed by atoms with E-state index >= 15 is 0 Å². The lowest BCUT2D eigenvalue weighted by atomic mass is 10.1. The van der Waals surface area contributed by atoms with E-state index in [9.17, 15) is 0 Å². The molecule has 0 amide bonds. The SMILES string of the molecule is Clc1cccnc1N1CCc2nc(CCN3CCOCC3)nc(Cl)c2C1. The minimum Gasteiger partial charge on any atom is -0.379 e. The molecule has 0 N–H and O–H groups in total. The van der Waals surface area contributed by atoms with Crippen molar-refractivity contribution in [2.24, 2.45) is 0 Å². The molecule has 1 saturated heterocycles. The number of nitrogens with zero attached hydrogens (tertiary/aromatic N) is 5. The Morgan fingerprint density at radius 2 is 1.96 bits per heavy atom. The Hall–Kier alpha value is -1.47. The molecule has 0 spiro atoms. The Kier molecular flexibility index (Phi) is 5.55. The molecule has 0 aromatic carbocycles. The number of morpholine rings is 1. The number of pyridine rings is 1. The molecule has 0 aliphatic carbocycles. The largest absolute Gasteiger partial charge is 0.379 e. The fraction of sp³-hybridized carbons (Fsp3) is 0.500. The summed E-state index contributed by atoms with van der Waals surface area (Å²) in [4.78, 5) is 18.2. The summed E-state index contributed by atoms with van der Waals surface area (Å²) in [5, 5.41) is 1.19. The van der Waals surface area contributed by atoms with E-state index in [0.29, 0.717) is 16.7 Å². The second-order valence-corrected chi connectivity index (χ2v) is 7.31. The van der Waals surface area contributed by atoms with Crippen LogP contribution in [0.5, 0.6) is 0 Å². The molecule has 4 rings (SSSR count). The number of halogens is 2. The van der Waals surface area contributed by atoms with Gasteiger partial charge in [0.1, 0.15) is 16.8 Å². The van der Waals surface area contributed by atoms with E-state index in [1.165, 1.54) is 0 Å². The van der Waals surface area contributed by atoms with E-state index < -0.39 is 0 Å². The van der Waals surface area contributed by atoms with Crippen LogP contribution in [0.25, 0.3) is 0 Å². The van der Waals surface area contributed by atoms with Crippen molar-refractivity contribution < 1.29 is 4.74 Å². The van der Waals surface area contributed by atoms with Crippen molar-refractivity contribution in [2.45, 2.75) is 19.4 Å². The highest BCUT2D eigenvalue weighted by molar-refractivity contribution is 6.33. The normalized spacial score (nSPS) is 18.0. The lowest BCUT2D eigenvalue weighted by Gasteiger charge is -2.30. The van der Waals surface area contributed by atoms with Crippen LogP contribution in [-0.4, -0.2) is 59.2 Å². The molecule has 0 saturated carbocycles. The van der Waals surface area contributed by atoms with Crippen LogP contribution in [0.4, 0.5) is 5.82 Å². The first-order chi connectivity index (χ1) is 12.7. The molecule has 1 fully saturated rings. The van der Waals surface area contributed by atoms with Gasteiger partial charge in [-0.3, -0.25) is 4.90 Å². The Labute approximate surface area is 163 Å². The first-order valence-corrected chi connectivity index (χ1v) is 9.66.